The Labute approximate surface area is 415 Å². The van der Waals surface area contributed by atoms with Gasteiger partial charge in [0.15, 0.2) is 9.84 Å². The Hall–Kier alpha value is -5.00. The largest absolute Gasteiger partial charge is 0.488 e. The van der Waals surface area contributed by atoms with E-state index in [4.69, 9.17) is 33.2 Å². The second-order valence-corrected chi connectivity index (χ2v) is 21.3. The second kappa shape index (κ2) is 21.6. The molecule has 0 aliphatic carbocycles. The number of hydrogen-bond donors (Lipinski definition) is 2. The van der Waals surface area contributed by atoms with Crippen molar-refractivity contribution in [2.75, 3.05) is 5.88 Å². The molecule has 17 heteroatoms. The lowest BCUT2D eigenvalue weighted by atomic mass is 9.79. The third kappa shape index (κ3) is 12.9. The minimum absolute atomic E-state index is 0.157. The Balaban J connectivity index is 0.000000162. The molecule has 69 heavy (non-hydrogen) atoms. The number of aliphatic imine (C=N–C) groups is 1. The van der Waals surface area contributed by atoms with Crippen LogP contribution < -0.4 is 5.46 Å². The molecule has 0 radical (unpaired) electrons. The van der Waals surface area contributed by atoms with Crippen molar-refractivity contribution in [1.29, 1.82) is 0 Å². The molecule has 9 rings (SSSR count). The lowest BCUT2D eigenvalue weighted by Gasteiger charge is -2.22. The molecule has 2 N–H and O–H groups in total. The van der Waals surface area contributed by atoms with Crippen LogP contribution in [0.5, 0.6) is 0 Å². The Bertz CT molecular complexity index is 3150. The van der Waals surface area contributed by atoms with Crippen LogP contribution in [0.2, 0.25) is 10.0 Å². The van der Waals surface area contributed by atoms with Crippen LogP contribution >= 0.6 is 46.7 Å². The van der Waals surface area contributed by atoms with Gasteiger partial charge in [-0.3, -0.25) is 4.99 Å². The number of benzene rings is 7. The minimum atomic E-state index is -4.60. The van der Waals surface area contributed by atoms with Gasteiger partial charge in [0, 0.05) is 31.2 Å². The first kappa shape index (κ1) is 51.8. The molecule has 0 bridgehead atoms. The van der Waals surface area contributed by atoms with E-state index in [2.05, 4.69) is 65.7 Å². The summed E-state index contributed by atoms with van der Waals surface area (Å²) in [6.07, 6.45) is -7.32. The SMILES string of the molecule is CC(=NCS(=O)(=O)c1ccc(C)cc1)c1ccc2c(c1)Cc1ccccc1S2.CC(c1ccc2c(c1)Cc1ccccc1S2)c1ccc(Cl)c(C(F)(F)F)c1.OB(O)c1ccc(Cl)c(C(F)(F)F)c1. The molecule has 0 saturated heterocycles. The van der Waals surface area contributed by atoms with Crippen LogP contribution in [0.3, 0.4) is 0 Å². The van der Waals surface area contributed by atoms with Gasteiger partial charge in [0.05, 0.1) is 26.1 Å². The Morgan fingerprint density at radius 3 is 1.68 bits per heavy atom. The van der Waals surface area contributed by atoms with Crippen molar-refractivity contribution in [3.8, 4) is 0 Å². The first-order chi connectivity index (χ1) is 32.6. The first-order valence-corrected chi connectivity index (χ1v) is 25.3. The molecule has 0 spiro atoms. The molecular weight excluding hydrogens is 994 g/mol. The number of halogens is 8. The monoisotopic (exact) mass is 1040 g/mol. The molecule has 5 nitrogen and oxygen atoms in total. The Kier molecular flexibility index (Phi) is 16.2. The van der Waals surface area contributed by atoms with E-state index in [9.17, 15) is 34.8 Å². The number of hydrogen-bond acceptors (Lipinski definition) is 7. The smallest absolute Gasteiger partial charge is 0.423 e. The zero-order valence-electron chi connectivity index (χ0n) is 37.0. The van der Waals surface area contributed by atoms with Crippen LogP contribution in [0.25, 0.3) is 0 Å². The van der Waals surface area contributed by atoms with Gasteiger partial charge in [0.2, 0.25) is 0 Å². The summed E-state index contributed by atoms with van der Waals surface area (Å²) in [6.45, 7) is 5.73. The van der Waals surface area contributed by atoms with E-state index >= 15 is 0 Å². The second-order valence-electron chi connectivity index (χ2n) is 16.3. The summed E-state index contributed by atoms with van der Waals surface area (Å²) < 4.78 is 101. The quantitative estimate of drug-likeness (QED) is 0.0940. The average molecular weight is 1040 g/mol. The highest BCUT2D eigenvalue weighted by atomic mass is 35.5. The fourth-order valence-corrected chi connectivity index (χ4v) is 11.1. The van der Waals surface area contributed by atoms with Crippen molar-refractivity contribution in [2.45, 2.75) is 76.4 Å². The van der Waals surface area contributed by atoms with Gasteiger partial charge < -0.3 is 10.0 Å². The third-order valence-corrected chi connectivity index (χ3v) is 16.0. The van der Waals surface area contributed by atoms with Gasteiger partial charge in [0.25, 0.3) is 0 Å². The standard InChI is InChI=1S/C23H21NO2S2.C22H16ClF3S.C7H5BClF3O2/c1-16-7-10-21(11-8-16)28(25,26)15-24-17(2)18-9-12-23-20(13-18)14-19-5-3-4-6-22(19)27-23;1-13(15-6-8-19(23)18(12-15)22(24,25)26)14-7-9-21-17(10-14)11-16-4-2-3-5-20(16)27-21;9-6-2-1-4(8(13)14)3-5(6)7(10,11)12/h3-13H,14-15H2,1-2H3;2-10,12-13H,11H2,1H3;1-3,13-14H. The Morgan fingerprint density at radius 1 is 0.638 bits per heavy atom. The maximum Gasteiger partial charge on any atom is 0.488 e. The summed E-state index contributed by atoms with van der Waals surface area (Å²) in [5.74, 6) is -0.396. The fraction of sp³-hybridized carbons (Fsp3) is 0.173. The molecule has 2 heterocycles. The predicted octanol–water partition coefficient (Wildman–Crippen LogP) is 13.9. The maximum atomic E-state index is 13.2. The molecule has 7 aromatic rings. The summed E-state index contributed by atoms with van der Waals surface area (Å²) in [4.78, 5) is 9.72. The van der Waals surface area contributed by atoms with Gasteiger partial charge in [-0.1, -0.05) is 138 Å². The summed E-state index contributed by atoms with van der Waals surface area (Å²) >= 11 is 14.6. The molecule has 1 atom stereocenters. The summed E-state index contributed by atoms with van der Waals surface area (Å²) in [6, 6.07) is 43.0. The molecule has 2 aliphatic rings. The molecule has 0 aromatic heterocycles. The molecular formula is C52H42BCl2F6NO4S3. The Morgan fingerprint density at radius 2 is 1.12 bits per heavy atom. The van der Waals surface area contributed by atoms with Gasteiger partial charge in [0.1, 0.15) is 5.88 Å². The van der Waals surface area contributed by atoms with Crippen molar-refractivity contribution in [3.05, 3.63) is 211 Å². The van der Waals surface area contributed by atoms with E-state index in [-0.39, 0.29) is 22.3 Å². The normalized spacial score (nSPS) is 13.6. The van der Waals surface area contributed by atoms with Crippen LogP contribution in [0.4, 0.5) is 26.3 Å². The fourth-order valence-electron chi connectivity index (χ4n) is 7.53. The van der Waals surface area contributed by atoms with Crippen molar-refractivity contribution in [2.24, 2.45) is 4.99 Å². The molecule has 0 amide bonds. The zero-order chi connectivity index (χ0) is 49.8. The molecule has 356 valence electrons. The van der Waals surface area contributed by atoms with Gasteiger partial charge in [-0.15, -0.1) is 0 Å². The van der Waals surface area contributed by atoms with Crippen LogP contribution in [0.15, 0.2) is 175 Å². The lowest BCUT2D eigenvalue weighted by Crippen LogP contribution is -2.30. The number of fused-ring (bicyclic) bond motifs is 4. The first-order valence-electron chi connectivity index (χ1n) is 21.2. The number of aryl methyl sites for hydroxylation is 1. The number of sulfone groups is 1. The summed E-state index contributed by atoms with van der Waals surface area (Å²) in [5, 5.41) is 16.6. The topological polar surface area (TPSA) is 87.0 Å². The van der Waals surface area contributed by atoms with Gasteiger partial charge >= 0.3 is 19.5 Å². The minimum Gasteiger partial charge on any atom is -0.423 e. The van der Waals surface area contributed by atoms with Crippen LogP contribution in [-0.2, 0) is 35.0 Å². The van der Waals surface area contributed by atoms with Crippen molar-refractivity contribution in [3.63, 3.8) is 0 Å². The highest BCUT2D eigenvalue weighted by Crippen LogP contribution is 2.43. The number of rotatable bonds is 7. The summed E-state index contributed by atoms with van der Waals surface area (Å²) in [5.41, 5.74) is 7.33. The van der Waals surface area contributed by atoms with Gasteiger partial charge in [-0.2, -0.15) is 26.3 Å². The molecule has 1 unspecified atom stereocenters. The van der Waals surface area contributed by atoms with Gasteiger partial charge in [-0.25, -0.2) is 8.42 Å². The molecule has 0 fully saturated rings. The van der Waals surface area contributed by atoms with E-state index in [0.29, 0.717) is 16.5 Å². The number of nitrogens with zero attached hydrogens (tertiary/aromatic N) is 1. The van der Waals surface area contributed by atoms with Gasteiger partial charge in [-0.05, 0) is 138 Å². The van der Waals surface area contributed by atoms with E-state index in [1.165, 1.54) is 47.9 Å². The maximum absolute atomic E-state index is 13.2. The van der Waals surface area contributed by atoms with E-state index < -0.39 is 45.5 Å². The van der Waals surface area contributed by atoms with Crippen molar-refractivity contribution in [1.82, 2.24) is 0 Å². The molecule has 7 aromatic carbocycles. The van der Waals surface area contributed by atoms with Crippen molar-refractivity contribution < 1.29 is 44.8 Å². The van der Waals surface area contributed by atoms with Crippen LogP contribution in [-0.4, -0.2) is 37.2 Å². The summed E-state index contributed by atoms with van der Waals surface area (Å²) in [7, 11) is -5.37. The highest BCUT2D eigenvalue weighted by Gasteiger charge is 2.35. The van der Waals surface area contributed by atoms with E-state index in [1.807, 2.05) is 57.2 Å². The lowest BCUT2D eigenvalue weighted by molar-refractivity contribution is -0.138. The van der Waals surface area contributed by atoms with E-state index in [0.717, 1.165) is 53.4 Å². The van der Waals surface area contributed by atoms with Crippen LogP contribution in [0.1, 0.15) is 75.4 Å². The third-order valence-electron chi connectivity index (χ3n) is 11.5. The molecule has 2 aliphatic heterocycles. The zero-order valence-corrected chi connectivity index (χ0v) is 41.0. The van der Waals surface area contributed by atoms with Crippen LogP contribution in [0, 0.1) is 6.92 Å². The predicted molar refractivity (Wildman–Crippen MR) is 265 cm³/mol. The van der Waals surface area contributed by atoms with Crippen molar-refractivity contribution >= 4 is 74.9 Å². The van der Waals surface area contributed by atoms with E-state index in [1.54, 1.807) is 41.7 Å². The highest BCUT2D eigenvalue weighted by molar-refractivity contribution is 7.99. The molecule has 0 saturated carbocycles. The average Bonchev–Trinajstić information content (AvgIpc) is 3.31. The number of alkyl halides is 6.